The van der Waals surface area contributed by atoms with E-state index in [0.29, 0.717) is 16.3 Å². The number of benzene rings is 3. The van der Waals surface area contributed by atoms with Gasteiger partial charge in [-0.3, -0.25) is 4.79 Å². The normalized spacial score (nSPS) is 11.3. The second-order valence-corrected chi connectivity index (χ2v) is 9.65. The first-order valence-electron chi connectivity index (χ1n) is 9.85. The van der Waals surface area contributed by atoms with E-state index in [2.05, 4.69) is 10.0 Å². The van der Waals surface area contributed by atoms with E-state index in [1.165, 1.54) is 36.4 Å². The van der Waals surface area contributed by atoms with Crippen molar-refractivity contribution < 1.29 is 22.0 Å². The van der Waals surface area contributed by atoms with Crippen LogP contribution in [0.5, 0.6) is 0 Å². The van der Waals surface area contributed by atoms with Crippen LogP contribution < -0.4 is 14.9 Å². The zero-order valence-corrected chi connectivity index (χ0v) is 19.5. The van der Waals surface area contributed by atoms with Gasteiger partial charge in [0, 0.05) is 42.5 Å². The standard InChI is InChI=1S/C23H22ClF2N3O3S/c1-29(2)17-5-3-6-18(13-17)33(31,32)27-14-23(30)28-22-10-9-16(24)11-15(22)12-19-20(25)7-4-8-21(19)26/h3-11,13,27H,12,14H2,1-2H3,(H,28,30). The zero-order chi connectivity index (χ0) is 24.2. The molecule has 0 aliphatic carbocycles. The van der Waals surface area contributed by atoms with E-state index >= 15 is 0 Å². The van der Waals surface area contributed by atoms with Crippen molar-refractivity contribution in [1.82, 2.24) is 4.72 Å². The molecule has 0 spiro atoms. The van der Waals surface area contributed by atoms with Gasteiger partial charge in [-0.05, 0) is 54.1 Å². The minimum absolute atomic E-state index is 0.0173. The van der Waals surface area contributed by atoms with Gasteiger partial charge in [-0.25, -0.2) is 21.9 Å². The molecule has 0 saturated carbocycles. The van der Waals surface area contributed by atoms with E-state index in [4.69, 9.17) is 11.6 Å². The molecular formula is C23H22ClF2N3O3S. The van der Waals surface area contributed by atoms with Gasteiger partial charge >= 0.3 is 0 Å². The summed E-state index contributed by atoms with van der Waals surface area (Å²) in [5.74, 6) is -2.10. The van der Waals surface area contributed by atoms with Crippen molar-refractivity contribution in [1.29, 1.82) is 0 Å². The molecule has 1 amide bonds. The number of halogens is 3. The van der Waals surface area contributed by atoms with E-state index < -0.39 is 34.1 Å². The van der Waals surface area contributed by atoms with E-state index in [9.17, 15) is 22.0 Å². The Labute approximate surface area is 196 Å². The van der Waals surface area contributed by atoms with E-state index in [1.54, 1.807) is 31.1 Å². The second-order valence-electron chi connectivity index (χ2n) is 7.44. The molecule has 10 heteroatoms. The molecule has 2 N–H and O–H groups in total. The molecule has 33 heavy (non-hydrogen) atoms. The number of hydrogen-bond acceptors (Lipinski definition) is 4. The number of nitrogens with zero attached hydrogens (tertiary/aromatic N) is 1. The summed E-state index contributed by atoms with van der Waals surface area (Å²) in [4.78, 5) is 14.2. The van der Waals surface area contributed by atoms with Crippen LogP contribution in [0.1, 0.15) is 11.1 Å². The van der Waals surface area contributed by atoms with Gasteiger partial charge in [0.1, 0.15) is 11.6 Å². The van der Waals surface area contributed by atoms with Crippen molar-refractivity contribution in [3.63, 3.8) is 0 Å². The molecule has 0 fully saturated rings. The minimum Gasteiger partial charge on any atom is -0.378 e. The zero-order valence-electron chi connectivity index (χ0n) is 17.9. The number of carbonyl (C=O) groups is 1. The fourth-order valence-electron chi connectivity index (χ4n) is 3.09. The van der Waals surface area contributed by atoms with Crippen LogP contribution in [0.15, 0.2) is 65.6 Å². The van der Waals surface area contributed by atoms with Crippen LogP contribution >= 0.6 is 11.6 Å². The van der Waals surface area contributed by atoms with Gasteiger partial charge < -0.3 is 10.2 Å². The molecule has 3 aromatic carbocycles. The second kappa shape index (κ2) is 10.3. The molecule has 6 nitrogen and oxygen atoms in total. The summed E-state index contributed by atoms with van der Waals surface area (Å²) in [6.07, 6.45) is -0.155. The first-order valence-corrected chi connectivity index (χ1v) is 11.7. The average molecular weight is 494 g/mol. The third kappa shape index (κ3) is 6.28. The average Bonchev–Trinajstić information content (AvgIpc) is 2.77. The van der Waals surface area contributed by atoms with Gasteiger partial charge in [0.25, 0.3) is 0 Å². The molecule has 0 heterocycles. The number of hydrogen-bond donors (Lipinski definition) is 2. The molecule has 0 bridgehead atoms. The van der Waals surface area contributed by atoms with E-state index in [0.717, 1.165) is 12.1 Å². The number of sulfonamides is 1. The Morgan fingerprint density at radius 2 is 1.67 bits per heavy atom. The quantitative estimate of drug-likeness (QED) is 0.493. The predicted molar refractivity (Wildman–Crippen MR) is 125 cm³/mol. The van der Waals surface area contributed by atoms with Crippen molar-refractivity contribution in [3.8, 4) is 0 Å². The van der Waals surface area contributed by atoms with Gasteiger partial charge in [-0.1, -0.05) is 23.7 Å². The molecule has 0 aromatic heterocycles. The summed E-state index contributed by atoms with van der Waals surface area (Å²) in [6.45, 7) is -0.537. The SMILES string of the molecule is CN(C)c1cccc(S(=O)(=O)NCC(=O)Nc2ccc(Cl)cc2Cc2c(F)cccc2F)c1. The fraction of sp³-hybridized carbons (Fsp3) is 0.174. The van der Waals surface area contributed by atoms with Crippen LogP contribution in [0.25, 0.3) is 0 Å². The van der Waals surface area contributed by atoms with Gasteiger partial charge in [-0.2, -0.15) is 0 Å². The molecule has 174 valence electrons. The van der Waals surface area contributed by atoms with Crippen molar-refractivity contribution in [2.24, 2.45) is 0 Å². The maximum Gasteiger partial charge on any atom is 0.241 e. The maximum absolute atomic E-state index is 14.1. The van der Waals surface area contributed by atoms with Crippen molar-refractivity contribution in [3.05, 3.63) is 88.4 Å². The summed E-state index contributed by atoms with van der Waals surface area (Å²) < 4.78 is 55.6. The molecular weight excluding hydrogens is 472 g/mol. The molecule has 0 aliphatic rings. The Kier molecular flexibility index (Phi) is 7.68. The largest absolute Gasteiger partial charge is 0.378 e. The summed E-state index contributed by atoms with van der Waals surface area (Å²) in [6, 6.07) is 14.3. The highest BCUT2D eigenvalue weighted by molar-refractivity contribution is 7.89. The number of rotatable bonds is 8. The summed E-state index contributed by atoms with van der Waals surface area (Å²) in [5, 5.41) is 2.89. The highest BCUT2D eigenvalue weighted by atomic mass is 35.5. The Morgan fingerprint density at radius 1 is 1.00 bits per heavy atom. The third-order valence-corrected chi connectivity index (χ3v) is 6.47. The van der Waals surface area contributed by atoms with Crippen LogP contribution in [0, 0.1) is 11.6 Å². The first-order chi connectivity index (χ1) is 15.6. The van der Waals surface area contributed by atoms with Crippen molar-refractivity contribution in [2.75, 3.05) is 30.9 Å². The number of nitrogens with one attached hydrogen (secondary N) is 2. The molecule has 0 saturated heterocycles. The van der Waals surface area contributed by atoms with Crippen LogP contribution in [0.2, 0.25) is 5.02 Å². The smallest absolute Gasteiger partial charge is 0.241 e. The van der Waals surface area contributed by atoms with Crippen LogP contribution in [0.3, 0.4) is 0 Å². The van der Waals surface area contributed by atoms with E-state index in [1.807, 2.05) is 0 Å². The lowest BCUT2D eigenvalue weighted by Gasteiger charge is -2.15. The molecule has 3 rings (SSSR count). The Morgan fingerprint density at radius 3 is 2.33 bits per heavy atom. The van der Waals surface area contributed by atoms with Crippen LogP contribution in [0.4, 0.5) is 20.2 Å². The summed E-state index contributed by atoms with van der Waals surface area (Å²) in [5.41, 5.74) is 1.16. The van der Waals surface area contributed by atoms with Crippen molar-refractivity contribution in [2.45, 2.75) is 11.3 Å². The summed E-state index contributed by atoms with van der Waals surface area (Å²) >= 11 is 6.03. The van der Waals surface area contributed by atoms with Crippen molar-refractivity contribution >= 4 is 38.9 Å². The van der Waals surface area contributed by atoms with Gasteiger partial charge in [0.15, 0.2) is 0 Å². The van der Waals surface area contributed by atoms with Gasteiger partial charge in [-0.15, -0.1) is 0 Å². The lowest BCUT2D eigenvalue weighted by molar-refractivity contribution is -0.115. The van der Waals surface area contributed by atoms with Crippen LogP contribution in [-0.2, 0) is 21.2 Å². The minimum atomic E-state index is -3.94. The number of anilines is 2. The Bertz CT molecular complexity index is 1260. The number of carbonyl (C=O) groups excluding carboxylic acids is 1. The molecule has 0 radical (unpaired) electrons. The molecule has 0 atom stereocenters. The van der Waals surface area contributed by atoms with Gasteiger partial charge in [0.2, 0.25) is 15.9 Å². The molecule has 0 aliphatic heterocycles. The lowest BCUT2D eigenvalue weighted by Crippen LogP contribution is -2.33. The van der Waals surface area contributed by atoms with Gasteiger partial charge in [0.05, 0.1) is 11.4 Å². The summed E-state index contributed by atoms with van der Waals surface area (Å²) in [7, 11) is -0.376. The maximum atomic E-state index is 14.1. The lowest BCUT2D eigenvalue weighted by atomic mass is 10.0. The highest BCUT2D eigenvalue weighted by Crippen LogP contribution is 2.26. The Balaban J connectivity index is 1.74. The Hall–Kier alpha value is -3.01. The van der Waals surface area contributed by atoms with Crippen LogP contribution in [-0.4, -0.2) is 35.0 Å². The third-order valence-electron chi connectivity index (χ3n) is 4.84. The highest BCUT2D eigenvalue weighted by Gasteiger charge is 2.18. The molecule has 0 unspecified atom stereocenters. The van der Waals surface area contributed by atoms with E-state index in [-0.39, 0.29) is 22.6 Å². The monoisotopic (exact) mass is 493 g/mol. The predicted octanol–water partition coefficient (Wildman–Crippen LogP) is 4.19. The molecule has 3 aromatic rings. The first kappa shape index (κ1) is 24.6. The topological polar surface area (TPSA) is 78.5 Å². The number of amides is 1. The fourth-order valence-corrected chi connectivity index (χ4v) is 4.31.